The van der Waals surface area contributed by atoms with Crippen molar-refractivity contribution in [3.63, 3.8) is 0 Å². The van der Waals surface area contributed by atoms with Crippen molar-refractivity contribution >= 4 is 0 Å². The predicted octanol–water partition coefficient (Wildman–Crippen LogP) is 1.74. The van der Waals surface area contributed by atoms with Gasteiger partial charge >= 0.3 is 0 Å². The van der Waals surface area contributed by atoms with Gasteiger partial charge in [0.25, 0.3) is 0 Å². The lowest BCUT2D eigenvalue weighted by atomic mass is 10.2. The van der Waals surface area contributed by atoms with Crippen LogP contribution in [0.1, 0.15) is 11.3 Å². The molecule has 17 heavy (non-hydrogen) atoms. The van der Waals surface area contributed by atoms with Gasteiger partial charge in [-0.25, -0.2) is 4.68 Å². The van der Waals surface area contributed by atoms with Crippen molar-refractivity contribution in [3.05, 3.63) is 47.8 Å². The van der Waals surface area contributed by atoms with E-state index < -0.39 is 0 Å². The molecule has 2 aromatic rings. The number of nitrogens with zero attached hydrogens (tertiary/aromatic N) is 2. The summed E-state index contributed by atoms with van der Waals surface area (Å²) in [5.41, 5.74) is 3.23. The summed E-state index contributed by atoms with van der Waals surface area (Å²) in [6, 6.07) is 10.1. The van der Waals surface area contributed by atoms with Crippen molar-refractivity contribution in [3.8, 4) is 5.69 Å². The maximum atomic E-state index is 5.19. The molecule has 4 heteroatoms. The maximum Gasteiger partial charge on any atom is 0.0766 e. The number of nitrogens with one attached hydrogen (secondary N) is 1. The van der Waals surface area contributed by atoms with Gasteiger partial charge < -0.3 is 10.1 Å². The summed E-state index contributed by atoms with van der Waals surface area (Å²) in [7, 11) is 3.62. The fourth-order valence-electron chi connectivity index (χ4n) is 1.78. The number of ether oxygens (including phenoxy) is 1. The van der Waals surface area contributed by atoms with Gasteiger partial charge in [-0.3, -0.25) is 0 Å². The molecule has 1 heterocycles. The molecule has 0 atom stereocenters. The van der Waals surface area contributed by atoms with Gasteiger partial charge in [0.2, 0.25) is 0 Å². The number of methoxy groups -OCH3 is 1. The van der Waals surface area contributed by atoms with E-state index >= 15 is 0 Å². The first-order chi connectivity index (χ1) is 8.35. The Morgan fingerprint density at radius 3 is 2.88 bits per heavy atom. The number of para-hydroxylation sites is 1. The second-order valence-electron chi connectivity index (χ2n) is 3.84. The van der Waals surface area contributed by atoms with Crippen LogP contribution in [0.2, 0.25) is 0 Å². The van der Waals surface area contributed by atoms with E-state index in [0.717, 1.165) is 23.5 Å². The number of hydrogen-bond acceptors (Lipinski definition) is 3. The van der Waals surface area contributed by atoms with Crippen LogP contribution in [0.3, 0.4) is 0 Å². The molecule has 90 valence electrons. The highest BCUT2D eigenvalue weighted by Crippen LogP contribution is 2.14. The lowest BCUT2D eigenvalue weighted by Gasteiger charge is -2.08. The molecule has 1 aromatic carbocycles. The summed E-state index contributed by atoms with van der Waals surface area (Å²) in [5, 5.41) is 7.60. The molecule has 1 aromatic heterocycles. The summed E-state index contributed by atoms with van der Waals surface area (Å²) in [6.45, 7) is 1.37. The summed E-state index contributed by atoms with van der Waals surface area (Å²) >= 11 is 0. The zero-order chi connectivity index (χ0) is 12.1. The summed E-state index contributed by atoms with van der Waals surface area (Å²) in [4.78, 5) is 0. The molecule has 0 aliphatic carbocycles. The molecule has 0 unspecified atom stereocenters. The third-order valence-electron chi connectivity index (χ3n) is 2.54. The van der Waals surface area contributed by atoms with E-state index in [0.29, 0.717) is 6.61 Å². The van der Waals surface area contributed by atoms with Crippen LogP contribution < -0.4 is 5.32 Å². The molecule has 0 saturated heterocycles. The molecule has 0 saturated carbocycles. The minimum atomic E-state index is 0.595. The van der Waals surface area contributed by atoms with Gasteiger partial charge in [-0.2, -0.15) is 5.10 Å². The number of aromatic nitrogens is 2. The van der Waals surface area contributed by atoms with Gasteiger partial charge in [-0.05, 0) is 19.2 Å². The van der Waals surface area contributed by atoms with Crippen molar-refractivity contribution < 1.29 is 4.74 Å². The molecule has 0 amide bonds. The molecule has 0 radical (unpaired) electrons. The van der Waals surface area contributed by atoms with E-state index in [9.17, 15) is 0 Å². The average Bonchev–Trinajstić information content (AvgIpc) is 2.79. The van der Waals surface area contributed by atoms with Crippen molar-refractivity contribution in [2.75, 3.05) is 14.2 Å². The minimum absolute atomic E-state index is 0.595. The van der Waals surface area contributed by atoms with Crippen molar-refractivity contribution in [2.45, 2.75) is 13.2 Å². The molecule has 0 aliphatic heterocycles. The Labute approximate surface area is 101 Å². The number of hydrogen-bond donors (Lipinski definition) is 1. The van der Waals surface area contributed by atoms with Crippen LogP contribution in [-0.4, -0.2) is 23.9 Å². The van der Waals surface area contributed by atoms with Gasteiger partial charge in [0, 0.05) is 25.4 Å². The van der Waals surface area contributed by atoms with E-state index in [-0.39, 0.29) is 0 Å². The highest BCUT2D eigenvalue weighted by molar-refractivity contribution is 5.40. The van der Waals surface area contributed by atoms with Crippen LogP contribution in [-0.2, 0) is 17.9 Å². The van der Waals surface area contributed by atoms with E-state index in [1.54, 1.807) is 7.11 Å². The number of benzene rings is 1. The van der Waals surface area contributed by atoms with Crippen LogP contribution in [0, 0.1) is 0 Å². The van der Waals surface area contributed by atoms with Gasteiger partial charge in [0.15, 0.2) is 0 Å². The molecule has 4 nitrogen and oxygen atoms in total. The van der Waals surface area contributed by atoms with Gasteiger partial charge in [-0.15, -0.1) is 0 Å². The van der Waals surface area contributed by atoms with Crippen molar-refractivity contribution in [1.82, 2.24) is 15.1 Å². The Morgan fingerprint density at radius 1 is 1.29 bits per heavy atom. The Morgan fingerprint density at radius 2 is 2.12 bits per heavy atom. The maximum absolute atomic E-state index is 5.19. The molecule has 0 fully saturated rings. The number of rotatable bonds is 5. The van der Waals surface area contributed by atoms with Gasteiger partial charge in [0.05, 0.1) is 18.0 Å². The zero-order valence-corrected chi connectivity index (χ0v) is 10.2. The van der Waals surface area contributed by atoms with E-state index in [2.05, 4.69) is 16.5 Å². The van der Waals surface area contributed by atoms with Gasteiger partial charge in [-0.1, -0.05) is 18.2 Å². The fourth-order valence-corrected chi connectivity index (χ4v) is 1.78. The lowest BCUT2D eigenvalue weighted by Crippen LogP contribution is -2.07. The fraction of sp³-hybridized carbons (Fsp3) is 0.308. The molecule has 2 rings (SSSR count). The normalized spacial score (nSPS) is 10.7. The van der Waals surface area contributed by atoms with E-state index in [1.165, 1.54) is 0 Å². The van der Waals surface area contributed by atoms with Crippen molar-refractivity contribution in [1.29, 1.82) is 0 Å². The Balaban J connectivity index is 2.31. The monoisotopic (exact) mass is 231 g/mol. The molecular formula is C13H17N3O. The zero-order valence-electron chi connectivity index (χ0n) is 10.2. The largest absolute Gasteiger partial charge is 0.380 e. The first kappa shape index (κ1) is 11.8. The first-order valence-corrected chi connectivity index (χ1v) is 5.61. The molecule has 0 spiro atoms. The van der Waals surface area contributed by atoms with Crippen LogP contribution in [0.25, 0.3) is 5.69 Å². The summed E-state index contributed by atoms with van der Waals surface area (Å²) < 4.78 is 7.08. The molecular weight excluding hydrogens is 214 g/mol. The van der Waals surface area contributed by atoms with Crippen LogP contribution in [0.5, 0.6) is 0 Å². The lowest BCUT2D eigenvalue weighted by molar-refractivity contribution is 0.184. The van der Waals surface area contributed by atoms with Crippen LogP contribution >= 0.6 is 0 Å². The second-order valence-corrected chi connectivity index (χ2v) is 3.84. The summed E-state index contributed by atoms with van der Waals surface area (Å²) in [6.07, 6.45) is 1.97. The summed E-state index contributed by atoms with van der Waals surface area (Å²) in [5.74, 6) is 0. The van der Waals surface area contributed by atoms with Crippen LogP contribution in [0.4, 0.5) is 0 Å². The predicted molar refractivity (Wildman–Crippen MR) is 67.0 cm³/mol. The highest BCUT2D eigenvalue weighted by Gasteiger charge is 2.05. The Hall–Kier alpha value is -1.65. The van der Waals surface area contributed by atoms with E-state index in [1.807, 2.05) is 42.2 Å². The van der Waals surface area contributed by atoms with Crippen molar-refractivity contribution in [2.24, 2.45) is 0 Å². The third-order valence-corrected chi connectivity index (χ3v) is 2.54. The molecule has 1 N–H and O–H groups in total. The van der Waals surface area contributed by atoms with Crippen LogP contribution in [0.15, 0.2) is 36.5 Å². The SMILES string of the molecule is CNCc1ccn(-c2ccccc2COC)n1. The molecule has 0 aliphatic rings. The average molecular weight is 231 g/mol. The highest BCUT2D eigenvalue weighted by atomic mass is 16.5. The smallest absolute Gasteiger partial charge is 0.0766 e. The third kappa shape index (κ3) is 2.72. The topological polar surface area (TPSA) is 39.1 Å². The Bertz CT molecular complexity index is 479. The second kappa shape index (κ2) is 5.61. The minimum Gasteiger partial charge on any atom is -0.380 e. The standard InChI is InChI=1S/C13H17N3O/c1-14-9-12-7-8-16(15-12)13-6-4-3-5-11(13)10-17-2/h3-8,14H,9-10H2,1-2H3. The quantitative estimate of drug-likeness (QED) is 0.852. The van der Waals surface area contributed by atoms with Gasteiger partial charge in [0.1, 0.15) is 0 Å². The Kier molecular flexibility index (Phi) is 3.90. The molecule has 0 bridgehead atoms. The van der Waals surface area contributed by atoms with E-state index in [4.69, 9.17) is 4.74 Å². The first-order valence-electron chi connectivity index (χ1n) is 5.61.